The normalized spacial score (nSPS) is 18.9. The first kappa shape index (κ1) is 18.4. The van der Waals surface area contributed by atoms with Crippen molar-refractivity contribution in [1.82, 2.24) is 10.6 Å². The van der Waals surface area contributed by atoms with Crippen molar-refractivity contribution >= 4 is 24.0 Å². The van der Waals surface area contributed by atoms with Crippen molar-refractivity contribution in [3.05, 3.63) is 39.4 Å². The largest absolute Gasteiger partial charge is 0.349 e. The molecule has 122 valence electrons. The van der Waals surface area contributed by atoms with Crippen LogP contribution in [0.3, 0.4) is 0 Å². The van der Waals surface area contributed by atoms with Gasteiger partial charge in [-0.3, -0.25) is 14.9 Å². The fraction of sp³-hybridized carbons (Fsp3) is 0.533. The van der Waals surface area contributed by atoms with Crippen LogP contribution >= 0.6 is 12.4 Å². The first-order valence-corrected chi connectivity index (χ1v) is 7.26. The van der Waals surface area contributed by atoms with E-state index in [4.69, 9.17) is 0 Å². The Bertz CT molecular complexity index is 545. The third kappa shape index (κ3) is 4.18. The van der Waals surface area contributed by atoms with Crippen molar-refractivity contribution < 1.29 is 9.72 Å². The van der Waals surface area contributed by atoms with Gasteiger partial charge in [0.15, 0.2) is 0 Å². The lowest BCUT2D eigenvalue weighted by Crippen LogP contribution is -2.44. The Morgan fingerprint density at radius 2 is 2.23 bits per heavy atom. The number of piperidine rings is 1. The van der Waals surface area contributed by atoms with Crippen LogP contribution < -0.4 is 10.6 Å². The van der Waals surface area contributed by atoms with Gasteiger partial charge in [-0.05, 0) is 51.3 Å². The molecule has 2 unspecified atom stereocenters. The molecule has 0 spiro atoms. The second-order valence-electron chi connectivity index (χ2n) is 5.59. The second kappa shape index (κ2) is 8.10. The van der Waals surface area contributed by atoms with Crippen LogP contribution in [-0.2, 0) is 0 Å². The van der Waals surface area contributed by atoms with Gasteiger partial charge in [-0.15, -0.1) is 12.4 Å². The molecule has 2 atom stereocenters. The lowest BCUT2D eigenvalue weighted by Gasteiger charge is -2.29. The molecule has 1 aromatic rings. The van der Waals surface area contributed by atoms with E-state index in [0.717, 1.165) is 25.9 Å². The van der Waals surface area contributed by atoms with Crippen LogP contribution in [0.5, 0.6) is 0 Å². The Kier molecular flexibility index (Phi) is 6.77. The number of benzene rings is 1. The molecule has 2 N–H and O–H groups in total. The number of aryl methyl sites for hydroxylation is 1. The highest BCUT2D eigenvalue weighted by Crippen LogP contribution is 2.22. The Morgan fingerprint density at radius 3 is 2.82 bits per heavy atom. The van der Waals surface area contributed by atoms with Crippen molar-refractivity contribution in [1.29, 1.82) is 0 Å². The number of nitro benzene ring substituents is 1. The maximum absolute atomic E-state index is 12.4. The van der Waals surface area contributed by atoms with Crippen molar-refractivity contribution in [3.8, 4) is 0 Å². The predicted molar refractivity (Wildman–Crippen MR) is 87.6 cm³/mol. The third-order valence-corrected chi connectivity index (χ3v) is 4.08. The second-order valence-corrected chi connectivity index (χ2v) is 5.59. The molecule has 0 saturated carbocycles. The van der Waals surface area contributed by atoms with Gasteiger partial charge in [0.05, 0.1) is 4.92 Å². The van der Waals surface area contributed by atoms with Gasteiger partial charge >= 0.3 is 0 Å². The monoisotopic (exact) mass is 327 g/mol. The number of nitrogens with zero attached hydrogens (tertiary/aromatic N) is 1. The zero-order valence-corrected chi connectivity index (χ0v) is 13.6. The average molecular weight is 328 g/mol. The first-order valence-electron chi connectivity index (χ1n) is 7.26. The molecule has 6 nitrogen and oxygen atoms in total. The SMILES string of the molecule is Cc1cccc([N+](=O)[O-])c1C(=O)NC(C)C1CCCNC1.Cl. The number of carbonyl (C=O) groups is 1. The van der Waals surface area contributed by atoms with Gasteiger partial charge in [0, 0.05) is 12.1 Å². The minimum Gasteiger partial charge on any atom is -0.349 e. The van der Waals surface area contributed by atoms with Gasteiger partial charge in [0.25, 0.3) is 11.6 Å². The molecule has 0 radical (unpaired) electrons. The molecule has 0 aromatic heterocycles. The zero-order chi connectivity index (χ0) is 15.4. The summed E-state index contributed by atoms with van der Waals surface area (Å²) >= 11 is 0. The number of rotatable bonds is 4. The van der Waals surface area contributed by atoms with Crippen molar-refractivity contribution in [2.24, 2.45) is 5.92 Å². The molecule has 1 aliphatic heterocycles. The Morgan fingerprint density at radius 1 is 1.50 bits per heavy atom. The van der Waals surface area contributed by atoms with E-state index in [-0.39, 0.29) is 35.6 Å². The van der Waals surface area contributed by atoms with Crippen molar-refractivity contribution in [2.75, 3.05) is 13.1 Å². The minimum absolute atomic E-state index is 0. The number of hydrogen-bond donors (Lipinski definition) is 2. The molecular formula is C15H22ClN3O3. The Hall–Kier alpha value is -1.66. The van der Waals surface area contributed by atoms with Crippen LogP contribution in [0.4, 0.5) is 5.69 Å². The highest BCUT2D eigenvalue weighted by Gasteiger charge is 2.26. The van der Waals surface area contributed by atoms with E-state index in [9.17, 15) is 14.9 Å². The zero-order valence-electron chi connectivity index (χ0n) is 12.8. The first-order chi connectivity index (χ1) is 10.0. The van der Waals surface area contributed by atoms with E-state index in [1.807, 2.05) is 6.92 Å². The van der Waals surface area contributed by atoms with E-state index in [1.165, 1.54) is 6.07 Å². The Balaban J connectivity index is 0.00000242. The predicted octanol–water partition coefficient (Wildman–Crippen LogP) is 2.44. The van der Waals surface area contributed by atoms with Crippen LogP contribution in [0, 0.1) is 23.0 Å². The lowest BCUT2D eigenvalue weighted by molar-refractivity contribution is -0.385. The van der Waals surface area contributed by atoms with Crippen LogP contribution in [0.25, 0.3) is 0 Å². The highest BCUT2D eigenvalue weighted by atomic mass is 35.5. The van der Waals surface area contributed by atoms with Crippen LogP contribution in [0.2, 0.25) is 0 Å². The number of carbonyl (C=O) groups excluding carboxylic acids is 1. The van der Waals surface area contributed by atoms with E-state index in [0.29, 0.717) is 11.5 Å². The highest BCUT2D eigenvalue weighted by molar-refractivity contribution is 5.99. The number of nitrogens with one attached hydrogen (secondary N) is 2. The van der Waals surface area contributed by atoms with Gasteiger partial charge in [0.2, 0.25) is 0 Å². The van der Waals surface area contributed by atoms with E-state index in [1.54, 1.807) is 19.1 Å². The van der Waals surface area contributed by atoms with E-state index < -0.39 is 4.92 Å². The summed E-state index contributed by atoms with van der Waals surface area (Å²) in [6.45, 7) is 5.56. The number of nitro groups is 1. The average Bonchev–Trinajstić information content (AvgIpc) is 2.47. The van der Waals surface area contributed by atoms with Crippen molar-refractivity contribution in [2.45, 2.75) is 32.7 Å². The van der Waals surface area contributed by atoms with Crippen LogP contribution in [0.1, 0.15) is 35.7 Å². The fourth-order valence-corrected chi connectivity index (χ4v) is 2.80. The summed E-state index contributed by atoms with van der Waals surface area (Å²) in [5.74, 6) is 0.00338. The topological polar surface area (TPSA) is 84.3 Å². The molecule has 0 aliphatic carbocycles. The summed E-state index contributed by atoms with van der Waals surface area (Å²) < 4.78 is 0. The number of halogens is 1. The molecule has 1 heterocycles. The quantitative estimate of drug-likeness (QED) is 0.657. The molecule has 22 heavy (non-hydrogen) atoms. The summed E-state index contributed by atoms with van der Waals surface area (Å²) in [6, 6.07) is 4.67. The summed E-state index contributed by atoms with van der Waals surface area (Å²) in [4.78, 5) is 23.0. The van der Waals surface area contributed by atoms with Gasteiger partial charge in [-0.2, -0.15) is 0 Å². The van der Waals surface area contributed by atoms with Crippen molar-refractivity contribution in [3.63, 3.8) is 0 Å². The minimum atomic E-state index is -0.505. The number of hydrogen-bond acceptors (Lipinski definition) is 4. The molecule has 1 fully saturated rings. The Labute approximate surface area is 136 Å². The molecule has 1 aliphatic rings. The third-order valence-electron chi connectivity index (χ3n) is 4.08. The van der Waals surface area contributed by atoms with Gasteiger partial charge in [-0.1, -0.05) is 12.1 Å². The van der Waals surface area contributed by atoms with Gasteiger partial charge < -0.3 is 10.6 Å². The van der Waals surface area contributed by atoms with Gasteiger partial charge in [0.1, 0.15) is 5.56 Å². The molecular weight excluding hydrogens is 306 g/mol. The van der Waals surface area contributed by atoms with Crippen LogP contribution in [-0.4, -0.2) is 30.0 Å². The van der Waals surface area contributed by atoms with Crippen LogP contribution in [0.15, 0.2) is 18.2 Å². The summed E-state index contributed by atoms with van der Waals surface area (Å²) in [5, 5.41) is 17.3. The number of amides is 1. The summed E-state index contributed by atoms with van der Waals surface area (Å²) in [6.07, 6.45) is 2.15. The summed E-state index contributed by atoms with van der Waals surface area (Å²) in [5.41, 5.74) is 0.648. The fourth-order valence-electron chi connectivity index (χ4n) is 2.80. The standard InChI is InChI=1S/C15H21N3O3.ClH/c1-10-5-3-7-13(18(20)21)14(10)15(19)17-11(2)12-6-4-8-16-9-12;/h3,5,7,11-12,16H,4,6,8-9H2,1-2H3,(H,17,19);1H. The molecule has 1 aromatic carbocycles. The maximum atomic E-state index is 12.4. The molecule has 1 amide bonds. The summed E-state index contributed by atoms with van der Waals surface area (Å²) in [7, 11) is 0. The van der Waals surface area contributed by atoms with E-state index >= 15 is 0 Å². The maximum Gasteiger partial charge on any atom is 0.282 e. The molecule has 1 saturated heterocycles. The molecule has 2 rings (SSSR count). The molecule has 0 bridgehead atoms. The van der Waals surface area contributed by atoms with E-state index in [2.05, 4.69) is 10.6 Å². The smallest absolute Gasteiger partial charge is 0.282 e. The van der Waals surface area contributed by atoms with Gasteiger partial charge in [-0.25, -0.2) is 0 Å². The lowest BCUT2D eigenvalue weighted by atomic mass is 9.92. The molecule has 7 heteroatoms.